The van der Waals surface area contributed by atoms with Crippen LogP contribution in [0.3, 0.4) is 0 Å². The van der Waals surface area contributed by atoms with E-state index in [-0.39, 0.29) is 23.9 Å². The lowest BCUT2D eigenvalue weighted by molar-refractivity contribution is 0.0697. The number of amides is 1. The third-order valence-electron chi connectivity index (χ3n) is 4.58. The number of methoxy groups -OCH3 is 1. The van der Waals surface area contributed by atoms with Gasteiger partial charge in [0, 0.05) is 37.8 Å². The molecule has 7 heteroatoms. The summed E-state index contributed by atoms with van der Waals surface area (Å²) in [5.41, 5.74) is 1.58. The molecule has 0 saturated carbocycles. The number of aryl methyl sites for hydroxylation is 1. The minimum atomic E-state index is -3.60. The average Bonchev–Trinajstić information content (AvgIpc) is 2.68. The molecule has 0 bridgehead atoms. The van der Waals surface area contributed by atoms with Crippen LogP contribution < -0.4 is 4.74 Å². The molecule has 6 nitrogen and oxygen atoms in total. The fraction of sp³-hybridized carbons (Fsp3) is 0.316. The Kier molecular flexibility index (Phi) is 5.29. The van der Waals surface area contributed by atoms with Gasteiger partial charge in [-0.2, -0.15) is 4.31 Å². The molecule has 0 aromatic heterocycles. The number of nitrogens with zero attached hydrogens (tertiary/aromatic N) is 2. The number of hydrogen-bond donors (Lipinski definition) is 0. The summed E-state index contributed by atoms with van der Waals surface area (Å²) in [6, 6.07) is 13.9. The molecular formula is C19H22N2O4S. The van der Waals surface area contributed by atoms with Gasteiger partial charge in [0.1, 0.15) is 5.75 Å². The van der Waals surface area contributed by atoms with E-state index in [4.69, 9.17) is 4.74 Å². The molecule has 0 unspecified atom stereocenters. The van der Waals surface area contributed by atoms with Crippen molar-refractivity contribution in [3.63, 3.8) is 0 Å². The van der Waals surface area contributed by atoms with E-state index in [0.29, 0.717) is 24.4 Å². The zero-order valence-electron chi connectivity index (χ0n) is 14.9. The van der Waals surface area contributed by atoms with Gasteiger partial charge in [-0.15, -0.1) is 0 Å². The second-order valence-electron chi connectivity index (χ2n) is 6.19. The highest BCUT2D eigenvalue weighted by Crippen LogP contribution is 2.22. The van der Waals surface area contributed by atoms with Gasteiger partial charge in [-0.3, -0.25) is 4.79 Å². The molecule has 1 aliphatic rings. The van der Waals surface area contributed by atoms with Crippen LogP contribution in [0, 0.1) is 6.92 Å². The summed E-state index contributed by atoms with van der Waals surface area (Å²) >= 11 is 0. The quantitative estimate of drug-likeness (QED) is 0.822. The summed E-state index contributed by atoms with van der Waals surface area (Å²) in [5, 5.41) is 0. The van der Waals surface area contributed by atoms with Crippen molar-refractivity contribution < 1.29 is 17.9 Å². The molecule has 3 rings (SSSR count). The first-order valence-electron chi connectivity index (χ1n) is 8.42. The zero-order chi connectivity index (χ0) is 18.7. The molecule has 0 spiro atoms. The van der Waals surface area contributed by atoms with Gasteiger partial charge in [0.15, 0.2) is 0 Å². The second-order valence-corrected chi connectivity index (χ2v) is 8.13. The number of benzene rings is 2. The van der Waals surface area contributed by atoms with Crippen LogP contribution in [0.1, 0.15) is 15.9 Å². The number of rotatable bonds is 4. The number of carbonyl (C=O) groups excluding carboxylic acids is 1. The fourth-order valence-corrected chi connectivity index (χ4v) is 4.48. The van der Waals surface area contributed by atoms with Crippen molar-refractivity contribution in [2.45, 2.75) is 11.8 Å². The molecule has 0 aliphatic carbocycles. The van der Waals surface area contributed by atoms with E-state index in [1.54, 1.807) is 29.2 Å². The van der Waals surface area contributed by atoms with Crippen molar-refractivity contribution in [1.82, 2.24) is 9.21 Å². The first-order chi connectivity index (χ1) is 12.4. The van der Waals surface area contributed by atoms with Gasteiger partial charge in [0.25, 0.3) is 5.91 Å². The Morgan fingerprint density at radius 2 is 1.69 bits per heavy atom. The summed E-state index contributed by atoms with van der Waals surface area (Å²) in [7, 11) is -2.10. The third-order valence-corrected chi connectivity index (χ3v) is 6.47. The first-order valence-corrected chi connectivity index (χ1v) is 9.86. The Bertz CT molecular complexity index is 903. The molecule has 1 fully saturated rings. The maximum atomic E-state index is 12.8. The Morgan fingerprint density at radius 3 is 2.35 bits per heavy atom. The van der Waals surface area contributed by atoms with Crippen LogP contribution in [-0.2, 0) is 10.0 Å². The molecular weight excluding hydrogens is 352 g/mol. The van der Waals surface area contributed by atoms with Crippen LogP contribution in [0.4, 0.5) is 0 Å². The van der Waals surface area contributed by atoms with E-state index in [9.17, 15) is 13.2 Å². The highest BCUT2D eigenvalue weighted by atomic mass is 32.2. The molecule has 1 amide bonds. The number of ether oxygens (including phenoxy) is 1. The average molecular weight is 374 g/mol. The maximum Gasteiger partial charge on any atom is 0.254 e. The summed E-state index contributed by atoms with van der Waals surface area (Å²) in [5.74, 6) is 0.445. The lowest BCUT2D eigenvalue weighted by atomic mass is 10.1. The van der Waals surface area contributed by atoms with E-state index in [0.717, 1.165) is 5.56 Å². The van der Waals surface area contributed by atoms with Gasteiger partial charge in [0.2, 0.25) is 10.0 Å². The van der Waals surface area contributed by atoms with E-state index in [2.05, 4.69) is 0 Å². The van der Waals surface area contributed by atoms with Gasteiger partial charge in [-0.1, -0.05) is 24.3 Å². The molecule has 1 aliphatic heterocycles. The molecule has 2 aromatic rings. The summed E-state index contributed by atoms with van der Waals surface area (Å²) in [6.45, 7) is 3.19. The predicted octanol–water partition coefficient (Wildman–Crippen LogP) is 2.15. The number of piperazine rings is 1. The standard InChI is InChI=1S/C19H22N2O4S/c1-15-6-3-4-9-18(15)19(22)20-10-12-21(13-11-20)26(23,24)17-8-5-7-16(14-17)25-2/h3-9,14H,10-13H2,1-2H3. The van der Waals surface area contributed by atoms with E-state index in [1.807, 2.05) is 25.1 Å². The van der Waals surface area contributed by atoms with Gasteiger partial charge < -0.3 is 9.64 Å². The van der Waals surface area contributed by atoms with Gasteiger partial charge in [-0.05, 0) is 30.7 Å². The minimum absolute atomic E-state index is 0.0541. The van der Waals surface area contributed by atoms with Crippen LogP contribution in [0.25, 0.3) is 0 Å². The first kappa shape index (κ1) is 18.4. The predicted molar refractivity (Wildman–Crippen MR) is 98.8 cm³/mol. The summed E-state index contributed by atoms with van der Waals surface area (Å²) in [4.78, 5) is 14.6. The van der Waals surface area contributed by atoms with Gasteiger partial charge >= 0.3 is 0 Å². The SMILES string of the molecule is COc1cccc(S(=O)(=O)N2CCN(C(=O)c3ccccc3C)CC2)c1. The minimum Gasteiger partial charge on any atom is -0.497 e. The number of hydrogen-bond acceptors (Lipinski definition) is 4. The van der Waals surface area contributed by atoms with Crippen molar-refractivity contribution in [2.24, 2.45) is 0 Å². The van der Waals surface area contributed by atoms with Crippen molar-refractivity contribution in [3.05, 3.63) is 59.7 Å². The van der Waals surface area contributed by atoms with Crippen molar-refractivity contribution in [1.29, 1.82) is 0 Å². The maximum absolute atomic E-state index is 12.8. The van der Waals surface area contributed by atoms with Crippen LogP contribution in [0.2, 0.25) is 0 Å². The van der Waals surface area contributed by atoms with E-state index in [1.165, 1.54) is 17.5 Å². The normalized spacial score (nSPS) is 15.7. The molecule has 0 atom stereocenters. The molecule has 26 heavy (non-hydrogen) atoms. The second kappa shape index (κ2) is 7.47. The summed E-state index contributed by atoms with van der Waals surface area (Å²) in [6.07, 6.45) is 0. The molecule has 138 valence electrons. The Labute approximate surface area is 154 Å². The lowest BCUT2D eigenvalue weighted by Gasteiger charge is -2.34. The molecule has 1 heterocycles. The Balaban J connectivity index is 1.71. The highest BCUT2D eigenvalue weighted by molar-refractivity contribution is 7.89. The van der Waals surface area contributed by atoms with Crippen LogP contribution in [0.15, 0.2) is 53.4 Å². The molecule has 0 N–H and O–H groups in total. The Morgan fingerprint density at radius 1 is 1.00 bits per heavy atom. The smallest absolute Gasteiger partial charge is 0.254 e. The largest absolute Gasteiger partial charge is 0.497 e. The molecule has 1 saturated heterocycles. The zero-order valence-corrected chi connectivity index (χ0v) is 15.7. The lowest BCUT2D eigenvalue weighted by Crippen LogP contribution is -2.50. The Hall–Kier alpha value is -2.38. The van der Waals surface area contributed by atoms with E-state index >= 15 is 0 Å². The summed E-state index contributed by atoms with van der Waals surface area (Å²) < 4.78 is 32.2. The van der Waals surface area contributed by atoms with Crippen LogP contribution in [0.5, 0.6) is 5.75 Å². The topological polar surface area (TPSA) is 66.9 Å². The highest BCUT2D eigenvalue weighted by Gasteiger charge is 2.30. The number of carbonyl (C=O) groups is 1. The fourth-order valence-electron chi connectivity index (χ4n) is 3.03. The van der Waals surface area contributed by atoms with Crippen molar-refractivity contribution in [3.8, 4) is 5.75 Å². The third kappa shape index (κ3) is 3.59. The van der Waals surface area contributed by atoms with Crippen molar-refractivity contribution in [2.75, 3.05) is 33.3 Å². The van der Waals surface area contributed by atoms with Crippen LogP contribution >= 0.6 is 0 Å². The van der Waals surface area contributed by atoms with Crippen LogP contribution in [-0.4, -0.2) is 56.8 Å². The molecule has 0 radical (unpaired) electrons. The van der Waals surface area contributed by atoms with E-state index < -0.39 is 10.0 Å². The van der Waals surface area contributed by atoms with Gasteiger partial charge in [-0.25, -0.2) is 8.42 Å². The monoisotopic (exact) mass is 374 g/mol. The molecule has 2 aromatic carbocycles. The number of sulfonamides is 1. The van der Waals surface area contributed by atoms with Gasteiger partial charge in [0.05, 0.1) is 12.0 Å². The van der Waals surface area contributed by atoms with Crippen molar-refractivity contribution >= 4 is 15.9 Å².